The van der Waals surface area contributed by atoms with Gasteiger partial charge in [0.05, 0.1) is 31.1 Å². The molecule has 0 aliphatic carbocycles. The Morgan fingerprint density at radius 3 is 2.45 bits per heavy atom. The van der Waals surface area contributed by atoms with Crippen molar-refractivity contribution in [3.63, 3.8) is 0 Å². The Morgan fingerprint density at radius 2 is 1.74 bits per heavy atom. The first-order chi connectivity index (χ1) is 18.5. The molecule has 1 spiro atoms. The summed E-state index contributed by atoms with van der Waals surface area (Å²) >= 11 is 0. The molecule has 2 saturated heterocycles. The fourth-order valence-electron chi connectivity index (χ4n) is 5.55. The van der Waals surface area contributed by atoms with E-state index in [0.717, 1.165) is 30.5 Å². The van der Waals surface area contributed by atoms with Gasteiger partial charge in [-0.2, -0.15) is 5.10 Å². The summed E-state index contributed by atoms with van der Waals surface area (Å²) in [5.74, 6) is -0.546. The topological polar surface area (TPSA) is 112 Å². The van der Waals surface area contributed by atoms with E-state index >= 15 is 0 Å². The van der Waals surface area contributed by atoms with Gasteiger partial charge in [0, 0.05) is 50.5 Å². The predicted molar refractivity (Wildman–Crippen MR) is 138 cm³/mol. The fraction of sp³-hybridized carbons (Fsp3) is 0.571. The second kappa shape index (κ2) is 11.7. The normalized spacial score (nSPS) is 19.0. The Hall–Kier alpha value is -3.24. The van der Waals surface area contributed by atoms with Crippen molar-refractivity contribution in [3.05, 3.63) is 52.3 Å². The van der Waals surface area contributed by atoms with Crippen LogP contribution in [0, 0.1) is 5.41 Å². The Balaban J connectivity index is 1.18. The maximum atomic E-state index is 13.0. The van der Waals surface area contributed by atoms with Crippen molar-refractivity contribution >= 4 is 17.8 Å². The first-order valence-corrected chi connectivity index (χ1v) is 13.6. The lowest BCUT2D eigenvalue weighted by atomic mass is 9.75. The zero-order valence-corrected chi connectivity index (χ0v) is 22.0. The lowest BCUT2D eigenvalue weighted by molar-refractivity contribution is 0.0160. The van der Waals surface area contributed by atoms with Crippen molar-refractivity contribution < 1.29 is 28.6 Å². The number of amides is 2. The van der Waals surface area contributed by atoms with Gasteiger partial charge in [-0.3, -0.25) is 14.3 Å². The van der Waals surface area contributed by atoms with Crippen molar-refractivity contribution in [3.8, 4) is 0 Å². The fourth-order valence-corrected chi connectivity index (χ4v) is 5.55. The zero-order valence-electron chi connectivity index (χ0n) is 22.0. The number of ether oxygens (including phenoxy) is 3. The summed E-state index contributed by atoms with van der Waals surface area (Å²) in [6, 6.07) is 6.59. The number of aromatic nitrogens is 2. The number of nitrogens with zero attached hydrogens (tertiary/aromatic N) is 3. The molecule has 2 aromatic rings. The SMILES string of the molecule is CCn1nc(CCCOC(=O)c2ccc(C(=O)N3CCOCC3)cc2)c2c1C(=O)NCC1(CCOCC1)C2. The van der Waals surface area contributed by atoms with Crippen LogP contribution < -0.4 is 5.32 Å². The van der Waals surface area contributed by atoms with Crippen LogP contribution in [-0.2, 0) is 33.6 Å². The number of nitrogens with one attached hydrogen (secondary N) is 1. The summed E-state index contributed by atoms with van der Waals surface area (Å²) in [7, 11) is 0. The number of aryl methyl sites for hydroxylation is 2. The van der Waals surface area contributed by atoms with E-state index in [-0.39, 0.29) is 23.8 Å². The number of hydrogen-bond acceptors (Lipinski definition) is 7. The van der Waals surface area contributed by atoms with Crippen LogP contribution in [0.25, 0.3) is 0 Å². The maximum absolute atomic E-state index is 13.0. The third-order valence-corrected chi connectivity index (χ3v) is 7.83. The first-order valence-electron chi connectivity index (χ1n) is 13.6. The Morgan fingerprint density at radius 1 is 1.05 bits per heavy atom. The summed E-state index contributed by atoms with van der Waals surface area (Å²) in [5, 5.41) is 7.89. The van der Waals surface area contributed by atoms with Gasteiger partial charge in [-0.15, -0.1) is 0 Å². The number of hydrogen-bond donors (Lipinski definition) is 1. The monoisotopic (exact) mass is 524 g/mol. The van der Waals surface area contributed by atoms with Gasteiger partial charge < -0.3 is 24.4 Å². The summed E-state index contributed by atoms with van der Waals surface area (Å²) in [6.45, 7) is 7.15. The van der Waals surface area contributed by atoms with Crippen LogP contribution in [0.4, 0.5) is 0 Å². The summed E-state index contributed by atoms with van der Waals surface area (Å²) < 4.78 is 18.2. The molecule has 1 aromatic heterocycles. The third-order valence-electron chi connectivity index (χ3n) is 7.83. The molecular formula is C28H36N4O6. The number of fused-ring (bicyclic) bond motifs is 1. The number of esters is 1. The van der Waals surface area contributed by atoms with Gasteiger partial charge >= 0.3 is 5.97 Å². The molecule has 0 atom stereocenters. The quantitative estimate of drug-likeness (QED) is 0.437. The number of carbonyl (C=O) groups is 3. The molecular weight excluding hydrogens is 488 g/mol. The highest BCUT2D eigenvalue weighted by atomic mass is 16.5. The highest BCUT2D eigenvalue weighted by Crippen LogP contribution is 2.37. The second-order valence-electron chi connectivity index (χ2n) is 10.3. The van der Waals surface area contributed by atoms with Gasteiger partial charge in [-0.25, -0.2) is 4.79 Å². The molecule has 0 bridgehead atoms. The van der Waals surface area contributed by atoms with Crippen molar-refractivity contribution in [2.24, 2.45) is 5.41 Å². The third kappa shape index (κ3) is 5.61. The van der Waals surface area contributed by atoms with Crippen LogP contribution in [0.2, 0.25) is 0 Å². The van der Waals surface area contributed by atoms with Crippen LogP contribution in [0.3, 0.4) is 0 Å². The Bertz CT molecular complexity index is 1160. The molecule has 2 fully saturated rings. The van der Waals surface area contributed by atoms with Gasteiger partial charge in [-0.1, -0.05) is 0 Å². The standard InChI is InChI=1S/C28H36N4O6/c1-2-32-24-22(18-28(19-29-25(24)33)9-14-36-15-10-28)23(30-32)4-3-13-38-27(35)21-7-5-20(6-8-21)26(34)31-11-16-37-17-12-31/h5-8H,2-4,9-19H2,1H3,(H,29,33). The number of morpholine rings is 1. The molecule has 0 radical (unpaired) electrons. The average Bonchev–Trinajstić information content (AvgIpc) is 3.24. The van der Waals surface area contributed by atoms with Crippen molar-refractivity contribution in [1.29, 1.82) is 0 Å². The minimum atomic E-state index is -0.422. The van der Waals surface area contributed by atoms with E-state index in [1.165, 1.54) is 0 Å². The largest absolute Gasteiger partial charge is 0.462 e. The van der Waals surface area contributed by atoms with Crippen molar-refractivity contribution in [2.75, 3.05) is 52.7 Å². The number of benzene rings is 1. The molecule has 0 unspecified atom stereocenters. The van der Waals surface area contributed by atoms with E-state index in [0.29, 0.717) is 82.3 Å². The Labute approximate surface area is 222 Å². The van der Waals surface area contributed by atoms with E-state index in [1.54, 1.807) is 33.8 Å². The van der Waals surface area contributed by atoms with E-state index in [4.69, 9.17) is 19.3 Å². The summed E-state index contributed by atoms with van der Waals surface area (Å²) in [4.78, 5) is 39.9. The van der Waals surface area contributed by atoms with Gasteiger partial charge in [0.2, 0.25) is 0 Å². The molecule has 0 saturated carbocycles. The molecule has 1 N–H and O–H groups in total. The molecule has 2 amide bonds. The van der Waals surface area contributed by atoms with E-state index < -0.39 is 5.97 Å². The highest BCUT2D eigenvalue weighted by molar-refractivity contribution is 5.96. The molecule has 204 valence electrons. The van der Waals surface area contributed by atoms with Gasteiger partial charge in [0.1, 0.15) is 5.69 Å². The van der Waals surface area contributed by atoms with Gasteiger partial charge in [-0.05, 0) is 68.7 Å². The van der Waals surface area contributed by atoms with Crippen LogP contribution in [-0.4, -0.2) is 85.1 Å². The maximum Gasteiger partial charge on any atom is 0.338 e. The molecule has 38 heavy (non-hydrogen) atoms. The van der Waals surface area contributed by atoms with Crippen molar-refractivity contribution in [2.45, 2.75) is 45.6 Å². The molecule has 3 aliphatic rings. The van der Waals surface area contributed by atoms with Crippen molar-refractivity contribution in [1.82, 2.24) is 20.0 Å². The van der Waals surface area contributed by atoms with Crippen LogP contribution in [0.5, 0.6) is 0 Å². The van der Waals surface area contributed by atoms with Crippen LogP contribution in [0.15, 0.2) is 24.3 Å². The first kappa shape index (κ1) is 26.4. The summed E-state index contributed by atoms with van der Waals surface area (Å²) in [6.07, 6.45) is 3.85. The predicted octanol–water partition coefficient (Wildman–Crippen LogP) is 2.25. The van der Waals surface area contributed by atoms with Crippen LogP contribution >= 0.6 is 0 Å². The van der Waals surface area contributed by atoms with Gasteiger partial charge in [0.25, 0.3) is 11.8 Å². The highest BCUT2D eigenvalue weighted by Gasteiger charge is 2.39. The Kier molecular flexibility index (Phi) is 8.09. The van der Waals surface area contributed by atoms with Crippen LogP contribution in [0.1, 0.15) is 68.6 Å². The smallest absolute Gasteiger partial charge is 0.338 e. The summed E-state index contributed by atoms with van der Waals surface area (Å²) in [5.41, 5.74) is 3.54. The zero-order chi connectivity index (χ0) is 26.5. The number of carbonyl (C=O) groups excluding carboxylic acids is 3. The average molecular weight is 525 g/mol. The number of rotatable bonds is 7. The molecule has 4 heterocycles. The molecule has 10 nitrogen and oxygen atoms in total. The molecule has 10 heteroatoms. The molecule has 1 aromatic carbocycles. The lowest BCUT2D eigenvalue weighted by Gasteiger charge is -2.36. The van der Waals surface area contributed by atoms with E-state index in [9.17, 15) is 14.4 Å². The minimum Gasteiger partial charge on any atom is -0.462 e. The lowest BCUT2D eigenvalue weighted by Crippen LogP contribution is -2.40. The van der Waals surface area contributed by atoms with Gasteiger partial charge in [0.15, 0.2) is 0 Å². The molecule has 5 rings (SSSR count). The molecule has 3 aliphatic heterocycles. The second-order valence-corrected chi connectivity index (χ2v) is 10.3. The minimum absolute atomic E-state index is 0.00268. The van der Waals surface area contributed by atoms with E-state index in [2.05, 4.69) is 5.32 Å². The van der Waals surface area contributed by atoms with E-state index in [1.807, 2.05) is 6.92 Å².